The zero-order chi connectivity index (χ0) is 11.4. The fourth-order valence-corrected chi connectivity index (χ4v) is 3.15. The van der Waals surface area contributed by atoms with E-state index in [1.807, 2.05) is 0 Å². The molecule has 1 heterocycles. The molecule has 0 spiro atoms. The van der Waals surface area contributed by atoms with Gasteiger partial charge in [0.15, 0.2) is 0 Å². The molecule has 16 heavy (non-hydrogen) atoms. The molecule has 1 fully saturated rings. The summed E-state index contributed by atoms with van der Waals surface area (Å²) in [6.07, 6.45) is 7.60. The van der Waals surface area contributed by atoms with Gasteiger partial charge in [-0.15, -0.1) is 0 Å². The minimum Gasteiger partial charge on any atom is -0.358 e. The van der Waals surface area contributed by atoms with Crippen molar-refractivity contribution in [1.82, 2.24) is 9.36 Å². The number of aromatic nitrogens is 2. The molecule has 1 saturated carbocycles. The molecule has 1 aromatic heterocycles. The van der Waals surface area contributed by atoms with Gasteiger partial charge >= 0.3 is 0 Å². The normalized spacial score (nSPS) is 25.6. The number of aryl methyl sites for hydroxylation is 1. The number of nitrogens with one attached hydrogen (secondary N) is 1. The van der Waals surface area contributed by atoms with Gasteiger partial charge < -0.3 is 5.32 Å². The summed E-state index contributed by atoms with van der Waals surface area (Å²) in [5.74, 6) is 1.88. The van der Waals surface area contributed by atoms with Crippen molar-refractivity contribution in [3.8, 4) is 0 Å². The predicted molar refractivity (Wildman–Crippen MR) is 68.9 cm³/mol. The monoisotopic (exact) mass is 239 g/mol. The van der Waals surface area contributed by atoms with E-state index in [0.717, 1.165) is 23.3 Å². The maximum absolute atomic E-state index is 4.47. The van der Waals surface area contributed by atoms with Gasteiger partial charge in [0.2, 0.25) is 5.13 Å². The van der Waals surface area contributed by atoms with Gasteiger partial charge in [-0.05, 0) is 18.8 Å². The molecule has 0 amide bonds. The molecule has 1 N–H and O–H groups in total. The van der Waals surface area contributed by atoms with Crippen molar-refractivity contribution in [2.24, 2.45) is 5.92 Å². The summed E-state index contributed by atoms with van der Waals surface area (Å²) in [5, 5.41) is 4.56. The van der Waals surface area contributed by atoms with E-state index in [0.29, 0.717) is 6.04 Å². The average molecular weight is 239 g/mol. The van der Waals surface area contributed by atoms with Crippen LogP contribution < -0.4 is 5.32 Å². The topological polar surface area (TPSA) is 37.8 Å². The van der Waals surface area contributed by atoms with Crippen LogP contribution in [0.5, 0.6) is 0 Å². The average Bonchev–Trinajstić information content (AvgIpc) is 2.77. The summed E-state index contributed by atoms with van der Waals surface area (Å²) in [6, 6.07) is 0.622. The summed E-state index contributed by atoms with van der Waals surface area (Å²) in [4.78, 5) is 4.47. The van der Waals surface area contributed by atoms with Gasteiger partial charge in [0.05, 0.1) is 0 Å². The van der Waals surface area contributed by atoms with Gasteiger partial charge in [0.25, 0.3) is 0 Å². The molecular formula is C12H21N3S. The first-order valence-electron chi connectivity index (χ1n) is 6.41. The van der Waals surface area contributed by atoms with Gasteiger partial charge in [-0.3, -0.25) is 0 Å². The molecule has 90 valence electrons. The smallest absolute Gasteiger partial charge is 0.202 e. The molecule has 2 rings (SSSR count). The largest absolute Gasteiger partial charge is 0.358 e. The van der Waals surface area contributed by atoms with Crippen LogP contribution >= 0.6 is 11.5 Å². The first-order valence-corrected chi connectivity index (χ1v) is 7.18. The van der Waals surface area contributed by atoms with Crippen LogP contribution in [0.1, 0.15) is 51.8 Å². The first kappa shape index (κ1) is 11.8. The second-order valence-corrected chi connectivity index (χ2v) is 5.40. The predicted octanol–water partition coefficient (Wildman–Crippen LogP) is 3.48. The van der Waals surface area contributed by atoms with E-state index in [1.165, 1.54) is 43.6 Å². The molecule has 0 aliphatic heterocycles. The Morgan fingerprint density at radius 1 is 1.38 bits per heavy atom. The highest BCUT2D eigenvalue weighted by Gasteiger charge is 2.21. The zero-order valence-corrected chi connectivity index (χ0v) is 11.0. The first-order chi connectivity index (χ1) is 7.81. The quantitative estimate of drug-likeness (QED) is 0.874. The molecule has 0 saturated heterocycles. The molecule has 2 atom stereocenters. The third kappa shape index (κ3) is 2.94. The standard InChI is InChI=1S/C12H21N3S/c1-3-9-6-5-7-10(8-9)13-12-14-11(4-2)15-16-12/h9-10H,3-8H2,1-2H3,(H,13,14,15). The second kappa shape index (κ2) is 5.62. The van der Waals surface area contributed by atoms with Gasteiger partial charge in [-0.2, -0.15) is 4.37 Å². The molecule has 3 nitrogen and oxygen atoms in total. The van der Waals surface area contributed by atoms with Crippen LogP contribution in [0.3, 0.4) is 0 Å². The van der Waals surface area contributed by atoms with Gasteiger partial charge in [0.1, 0.15) is 5.82 Å². The summed E-state index contributed by atoms with van der Waals surface area (Å²) in [5.41, 5.74) is 0. The van der Waals surface area contributed by atoms with Crippen molar-refractivity contribution in [3.63, 3.8) is 0 Å². The van der Waals surface area contributed by atoms with E-state index < -0.39 is 0 Å². The molecule has 2 unspecified atom stereocenters. The summed E-state index contributed by atoms with van der Waals surface area (Å²) in [6.45, 7) is 4.40. The Kier molecular flexibility index (Phi) is 4.16. The lowest BCUT2D eigenvalue weighted by Crippen LogP contribution is -2.26. The van der Waals surface area contributed by atoms with Crippen LogP contribution in [-0.2, 0) is 6.42 Å². The number of anilines is 1. The minimum atomic E-state index is 0.622. The molecule has 1 aliphatic carbocycles. The third-order valence-electron chi connectivity index (χ3n) is 3.47. The maximum Gasteiger partial charge on any atom is 0.202 e. The lowest BCUT2D eigenvalue weighted by atomic mass is 9.84. The lowest BCUT2D eigenvalue weighted by Gasteiger charge is -2.28. The van der Waals surface area contributed by atoms with Gasteiger partial charge in [-0.1, -0.05) is 33.1 Å². The number of rotatable bonds is 4. The number of nitrogens with zero attached hydrogens (tertiary/aromatic N) is 2. The zero-order valence-electron chi connectivity index (χ0n) is 10.2. The molecule has 1 aliphatic rings. The van der Waals surface area contributed by atoms with Crippen molar-refractivity contribution in [3.05, 3.63) is 5.82 Å². The highest BCUT2D eigenvalue weighted by Crippen LogP contribution is 2.28. The molecule has 0 bridgehead atoms. The highest BCUT2D eigenvalue weighted by molar-refractivity contribution is 7.09. The Morgan fingerprint density at radius 2 is 2.25 bits per heavy atom. The Bertz CT molecular complexity index is 324. The van der Waals surface area contributed by atoms with Crippen molar-refractivity contribution in [2.45, 2.75) is 58.4 Å². The van der Waals surface area contributed by atoms with E-state index in [1.54, 1.807) is 0 Å². The van der Waals surface area contributed by atoms with Crippen LogP contribution in [0.4, 0.5) is 5.13 Å². The Balaban J connectivity index is 1.88. The van der Waals surface area contributed by atoms with E-state index in [4.69, 9.17) is 0 Å². The van der Waals surface area contributed by atoms with Crippen LogP contribution in [0.15, 0.2) is 0 Å². The van der Waals surface area contributed by atoms with E-state index in [9.17, 15) is 0 Å². The second-order valence-electron chi connectivity index (χ2n) is 4.65. The van der Waals surface area contributed by atoms with E-state index in [2.05, 4.69) is 28.5 Å². The van der Waals surface area contributed by atoms with Crippen molar-refractivity contribution in [1.29, 1.82) is 0 Å². The molecule has 1 aromatic rings. The fourth-order valence-electron chi connectivity index (χ4n) is 2.42. The lowest BCUT2D eigenvalue weighted by molar-refractivity contribution is 0.327. The van der Waals surface area contributed by atoms with Crippen LogP contribution in [-0.4, -0.2) is 15.4 Å². The fraction of sp³-hybridized carbons (Fsp3) is 0.833. The number of hydrogen-bond donors (Lipinski definition) is 1. The van der Waals surface area contributed by atoms with Gasteiger partial charge in [-0.25, -0.2) is 4.98 Å². The van der Waals surface area contributed by atoms with Gasteiger partial charge in [0, 0.05) is 24.0 Å². The number of hydrogen-bond acceptors (Lipinski definition) is 4. The van der Waals surface area contributed by atoms with Crippen molar-refractivity contribution < 1.29 is 0 Å². The SMILES string of the molecule is CCc1nsc(NC2CCCC(CC)C2)n1. The van der Waals surface area contributed by atoms with Crippen LogP contribution in [0.2, 0.25) is 0 Å². The van der Waals surface area contributed by atoms with Crippen molar-refractivity contribution in [2.75, 3.05) is 5.32 Å². The third-order valence-corrected chi connectivity index (χ3v) is 4.16. The molecule has 0 aromatic carbocycles. The Hall–Kier alpha value is -0.640. The van der Waals surface area contributed by atoms with E-state index in [-0.39, 0.29) is 0 Å². The highest BCUT2D eigenvalue weighted by atomic mass is 32.1. The molecule has 4 heteroatoms. The molecule has 0 radical (unpaired) electrons. The summed E-state index contributed by atoms with van der Waals surface area (Å²) >= 11 is 1.50. The molecular weight excluding hydrogens is 218 g/mol. The minimum absolute atomic E-state index is 0.622. The van der Waals surface area contributed by atoms with Crippen molar-refractivity contribution >= 4 is 16.7 Å². The summed E-state index contributed by atoms with van der Waals surface area (Å²) in [7, 11) is 0. The van der Waals surface area contributed by atoms with Crippen LogP contribution in [0, 0.1) is 5.92 Å². The van der Waals surface area contributed by atoms with Crippen LogP contribution in [0.25, 0.3) is 0 Å². The summed E-state index contributed by atoms with van der Waals surface area (Å²) < 4.78 is 4.31. The Morgan fingerprint density at radius 3 is 2.94 bits per heavy atom. The Labute approximate surface area is 102 Å². The maximum atomic E-state index is 4.47. The van der Waals surface area contributed by atoms with E-state index >= 15 is 0 Å².